The van der Waals surface area contributed by atoms with Crippen LogP contribution in [0.15, 0.2) is 53.3 Å². The summed E-state index contributed by atoms with van der Waals surface area (Å²) in [5.74, 6) is -8.18. The summed E-state index contributed by atoms with van der Waals surface area (Å²) in [4.78, 5) is 54.6. The van der Waals surface area contributed by atoms with Crippen molar-refractivity contribution in [2.24, 2.45) is 11.8 Å². The molecule has 0 saturated heterocycles. The Bertz CT molecular complexity index is 1640. The normalized spacial score (nSPS) is 25.0. The largest absolute Gasteiger partial charge is 0.508 e. The number of likely N-dealkylation sites (N-methyl/N-ethyl adjacent to an activating group) is 2. The molecule has 43 heavy (non-hydrogen) atoms. The Hall–Kier alpha value is -4.52. The number of anilines is 1. The van der Waals surface area contributed by atoms with E-state index in [-0.39, 0.29) is 42.2 Å². The van der Waals surface area contributed by atoms with E-state index in [0.717, 1.165) is 0 Å². The summed E-state index contributed by atoms with van der Waals surface area (Å²) < 4.78 is 0. The molecule has 3 aliphatic rings. The van der Waals surface area contributed by atoms with Crippen LogP contribution in [0.4, 0.5) is 5.69 Å². The second-order valence-electron chi connectivity index (χ2n) is 11.8. The summed E-state index contributed by atoms with van der Waals surface area (Å²) in [5, 5.41) is 57.4. The highest BCUT2D eigenvalue weighted by molar-refractivity contribution is 6.23. The molecule has 6 N–H and O–H groups in total. The molecule has 0 radical (unpaired) electrons. The van der Waals surface area contributed by atoms with Crippen LogP contribution in [0.5, 0.6) is 5.75 Å². The van der Waals surface area contributed by atoms with Gasteiger partial charge in [-0.3, -0.25) is 19.3 Å². The van der Waals surface area contributed by atoms with Crippen molar-refractivity contribution < 1.29 is 44.7 Å². The van der Waals surface area contributed by atoms with Crippen LogP contribution in [0.1, 0.15) is 17.5 Å². The maximum atomic E-state index is 14.0. The molecule has 226 valence electrons. The van der Waals surface area contributed by atoms with Crippen LogP contribution >= 0.6 is 0 Å². The number of aliphatic hydroxyl groups is 3. The van der Waals surface area contributed by atoms with Gasteiger partial charge < -0.3 is 35.7 Å². The maximum Gasteiger partial charge on any atom is 0.342 e. The Morgan fingerprint density at radius 3 is 2.37 bits per heavy atom. The molecule has 1 amide bonds. The van der Waals surface area contributed by atoms with Crippen molar-refractivity contribution in [1.82, 2.24) is 9.80 Å². The predicted molar refractivity (Wildman–Crippen MR) is 155 cm³/mol. The number of aromatic hydroxyl groups is 1. The fourth-order valence-electron chi connectivity index (χ4n) is 6.74. The van der Waals surface area contributed by atoms with E-state index in [1.54, 1.807) is 49.3 Å². The van der Waals surface area contributed by atoms with Crippen molar-refractivity contribution in [2.75, 3.05) is 40.1 Å². The van der Waals surface area contributed by atoms with E-state index >= 15 is 0 Å². The molecule has 0 bridgehead atoms. The fraction of sp³-hybridized carbons (Fsp3) is 0.355. The first-order chi connectivity index (χ1) is 20.2. The lowest BCUT2D eigenvalue weighted by Gasteiger charge is -2.50. The standard InChI is InChI=1S/C31H33N3O9/c1-33(2)13-21(36)32-16-7-5-6-14(10-16)17-8-9-20(35)23-18(17)11-15-12-19-25(34(3)4)27(38)24(30(41)42)29(40)31(19,43)28(39)22(15)26(23)37/h5-10,15,19,25,35,37,40,43H,11-13H2,1-4H3,(H,32,36)(H,41,42)/t15-,19-,25-,31-/m0/s1. The predicted octanol–water partition coefficient (Wildman–Crippen LogP) is 1.73. The third kappa shape index (κ3) is 4.67. The molecule has 1 saturated carbocycles. The Kier molecular flexibility index (Phi) is 7.41. The van der Waals surface area contributed by atoms with E-state index in [2.05, 4.69) is 5.32 Å². The zero-order chi connectivity index (χ0) is 31.5. The molecule has 2 aromatic rings. The third-order valence-corrected chi connectivity index (χ3v) is 8.49. The Labute approximate surface area is 247 Å². The van der Waals surface area contributed by atoms with E-state index in [1.807, 2.05) is 0 Å². The average molecular weight is 592 g/mol. The Balaban J connectivity index is 1.64. The van der Waals surface area contributed by atoms with Crippen LogP contribution < -0.4 is 5.32 Å². The van der Waals surface area contributed by atoms with Crippen LogP contribution in [0, 0.1) is 11.8 Å². The highest BCUT2D eigenvalue weighted by Crippen LogP contribution is 2.53. The number of carbonyl (C=O) groups excluding carboxylic acids is 3. The van der Waals surface area contributed by atoms with Gasteiger partial charge in [0.25, 0.3) is 0 Å². The molecular formula is C31H33N3O9. The maximum absolute atomic E-state index is 14.0. The lowest BCUT2D eigenvalue weighted by Crippen LogP contribution is -2.65. The SMILES string of the molecule is CN(C)CC(=O)Nc1cccc(-c2ccc(O)c3c2C[C@H]2C[C@H]4[C@H](N(C)C)C(=O)C(C(=O)O)=C(O)[C@@]4(O)C(=O)C2=C3O)c1. The number of fused-ring (bicyclic) bond motifs is 3. The fourth-order valence-corrected chi connectivity index (χ4v) is 6.74. The zero-order valence-corrected chi connectivity index (χ0v) is 24.1. The van der Waals surface area contributed by atoms with Gasteiger partial charge >= 0.3 is 5.97 Å². The number of rotatable bonds is 6. The number of phenolic OH excluding ortho intramolecular Hbond substituents is 1. The molecule has 4 atom stereocenters. The summed E-state index contributed by atoms with van der Waals surface area (Å²) in [6.45, 7) is 0.179. The molecule has 1 fully saturated rings. The van der Waals surface area contributed by atoms with Gasteiger partial charge in [-0.1, -0.05) is 18.2 Å². The van der Waals surface area contributed by atoms with Crippen molar-refractivity contribution in [1.29, 1.82) is 0 Å². The van der Waals surface area contributed by atoms with Gasteiger partial charge in [0.15, 0.2) is 17.1 Å². The van der Waals surface area contributed by atoms with E-state index in [4.69, 9.17) is 0 Å². The summed E-state index contributed by atoms with van der Waals surface area (Å²) in [7, 11) is 6.57. The average Bonchev–Trinajstić information content (AvgIpc) is 2.90. The van der Waals surface area contributed by atoms with Crippen LogP contribution in [-0.4, -0.2) is 105 Å². The molecule has 0 unspecified atom stereocenters. The van der Waals surface area contributed by atoms with Crippen molar-refractivity contribution >= 4 is 34.9 Å². The number of nitrogens with zero attached hydrogens (tertiary/aromatic N) is 2. The van der Waals surface area contributed by atoms with Gasteiger partial charge in [0, 0.05) is 17.2 Å². The van der Waals surface area contributed by atoms with Gasteiger partial charge in [0.2, 0.25) is 11.7 Å². The monoisotopic (exact) mass is 591 g/mol. The van der Waals surface area contributed by atoms with E-state index in [0.29, 0.717) is 22.4 Å². The van der Waals surface area contributed by atoms with Crippen LogP contribution in [-0.2, 0) is 25.6 Å². The van der Waals surface area contributed by atoms with Crippen LogP contribution in [0.25, 0.3) is 16.9 Å². The molecule has 0 spiro atoms. The number of carbonyl (C=O) groups is 4. The highest BCUT2D eigenvalue weighted by atomic mass is 16.4. The van der Waals surface area contributed by atoms with Crippen molar-refractivity contribution in [2.45, 2.75) is 24.5 Å². The van der Waals surface area contributed by atoms with Crippen LogP contribution in [0.3, 0.4) is 0 Å². The first-order valence-corrected chi connectivity index (χ1v) is 13.7. The lowest BCUT2D eigenvalue weighted by atomic mass is 9.57. The van der Waals surface area contributed by atoms with Crippen molar-refractivity contribution in [3.8, 4) is 16.9 Å². The summed E-state index contributed by atoms with van der Waals surface area (Å²) in [6.07, 6.45) is 0.0704. The summed E-state index contributed by atoms with van der Waals surface area (Å²) >= 11 is 0. The lowest BCUT2D eigenvalue weighted by molar-refractivity contribution is -0.155. The number of aliphatic hydroxyl groups excluding tert-OH is 2. The number of benzene rings is 2. The first kappa shape index (κ1) is 30.0. The van der Waals surface area contributed by atoms with Gasteiger partial charge in [-0.25, -0.2) is 4.79 Å². The number of carboxylic acids is 1. The van der Waals surface area contributed by atoms with Crippen LogP contribution in [0.2, 0.25) is 0 Å². The number of Topliss-reactive ketones (excluding diaryl/α,β-unsaturated/α-hetero) is 2. The Morgan fingerprint density at radius 1 is 1.05 bits per heavy atom. The van der Waals surface area contributed by atoms with E-state index in [1.165, 1.54) is 25.1 Å². The molecule has 0 aromatic heterocycles. The number of hydrogen-bond acceptors (Lipinski definition) is 10. The van der Waals surface area contributed by atoms with Gasteiger partial charge in [-0.15, -0.1) is 0 Å². The third-order valence-electron chi connectivity index (χ3n) is 8.49. The highest BCUT2D eigenvalue weighted by Gasteiger charge is 2.64. The number of phenols is 1. The van der Waals surface area contributed by atoms with Gasteiger partial charge in [0.05, 0.1) is 18.2 Å². The van der Waals surface area contributed by atoms with E-state index < -0.39 is 58.1 Å². The quantitative estimate of drug-likeness (QED) is 0.269. The molecular weight excluding hydrogens is 558 g/mol. The molecule has 12 heteroatoms. The number of hydrogen-bond donors (Lipinski definition) is 6. The smallest absolute Gasteiger partial charge is 0.342 e. The second kappa shape index (κ2) is 10.6. The van der Waals surface area contributed by atoms with Crippen molar-refractivity contribution in [3.63, 3.8) is 0 Å². The number of amides is 1. The molecule has 0 heterocycles. The topological polar surface area (TPSA) is 188 Å². The molecule has 0 aliphatic heterocycles. The minimum atomic E-state index is -2.78. The van der Waals surface area contributed by atoms with Gasteiger partial charge in [-0.05, 0) is 81.8 Å². The first-order valence-electron chi connectivity index (χ1n) is 13.7. The molecule has 5 rings (SSSR count). The zero-order valence-electron chi connectivity index (χ0n) is 24.1. The molecule has 3 aliphatic carbocycles. The summed E-state index contributed by atoms with van der Waals surface area (Å²) in [5.41, 5.74) is -1.81. The second-order valence-corrected chi connectivity index (χ2v) is 11.8. The van der Waals surface area contributed by atoms with Crippen molar-refractivity contribution in [3.05, 3.63) is 64.4 Å². The number of carboxylic acid groups (broad SMARTS) is 1. The number of aliphatic carboxylic acids is 1. The molecule has 12 nitrogen and oxygen atoms in total. The molecule has 2 aromatic carbocycles. The van der Waals surface area contributed by atoms with E-state index in [9.17, 15) is 44.7 Å². The Morgan fingerprint density at radius 2 is 1.74 bits per heavy atom. The minimum Gasteiger partial charge on any atom is -0.508 e. The van der Waals surface area contributed by atoms with Gasteiger partial charge in [0.1, 0.15) is 17.1 Å². The number of nitrogens with one attached hydrogen (secondary N) is 1. The van der Waals surface area contributed by atoms with Gasteiger partial charge in [-0.2, -0.15) is 0 Å². The number of ketones is 2. The minimum absolute atomic E-state index is 0.0285. The summed E-state index contributed by atoms with van der Waals surface area (Å²) in [6, 6.07) is 8.80.